The van der Waals surface area contributed by atoms with Crippen molar-refractivity contribution in [2.45, 2.75) is 13.1 Å². The summed E-state index contributed by atoms with van der Waals surface area (Å²) in [7, 11) is 2.28. The molecule has 0 saturated heterocycles. The van der Waals surface area contributed by atoms with Gasteiger partial charge < -0.3 is 24.3 Å². The van der Waals surface area contributed by atoms with E-state index in [4.69, 9.17) is 19.0 Å². The van der Waals surface area contributed by atoms with E-state index in [0.29, 0.717) is 12.7 Å². The van der Waals surface area contributed by atoms with Crippen LogP contribution in [0.3, 0.4) is 0 Å². The smallest absolute Gasteiger partial charge is 0.376 e. The highest BCUT2D eigenvalue weighted by molar-refractivity contribution is 6.60. The first kappa shape index (κ1) is 15.3. The molecule has 18 heavy (non-hydrogen) atoms. The van der Waals surface area contributed by atoms with Crippen molar-refractivity contribution in [1.29, 1.82) is 0 Å². The Kier molecular flexibility index (Phi) is 6.48. The van der Waals surface area contributed by atoms with Crippen molar-refractivity contribution in [2.24, 2.45) is 5.73 Å². The number of hydrogen-bond acceptors (Lipinski definition) is 5. The van der Waals surface area contributed by atoms with Crippen LogP contribution < -0.4 is 11.1 Å². The van der Waals surface area contributed by atoms with Gasteiger partial charge in [0.1, 0.15) is 0 Å². The zero-order chi connectivity index (χ0) is 13.4. The lowest BCUT2D eigenvalue weighted by Gasteiger charge is -2.24. The van der Waals surface area contributed by atoms with E-state index < -0.39 is 8.80 Å². The molecule has 0 radical (unpaired) electrons. The van der Waals surface area contributed by atoms with Crippen LogP contribution in [0, 0.1) is 0 Å². The molecule has 0 aliphatic rings. The third-order valence-corrected chi connectivity index (χ3v) is 5.48. The normalized spacial score (nSPS) is 11.8. The van der Waals surface area contributed by atoms with Gasteiger partial charge in [0.05, 0.1) is 6.17 Å². The molecule has 0 bridgehead atoms. The minimum atomic E-state index is -2.54. The summed E-state index contributed by atoms with van der Waals surface area (Å²) in [4.78, 5) is 0. The van der Waals surface area contributed by atoms with Crippen molar-refractivity contribution in [3.8, 4) is 0 Å². The van der Waals surface area contributed by atoms with Gasteiger partial charge in [-0.1, -0.05) is 24.3 Å². The molecule has 0 saturated carbocycles. The van der Waals surface area contributed by atoms with Gasteiger partial charge in [0, 0.05) is 34.4 Å². The Morgan fingerprint density at radius 2 is 1.61 bits per heavy atom. The zero-order valence-electron chi connectivity index (χ0n) is 11.2. The number of nitrogens with one attached hydrogen (secondary N) is 1. The van der Waals surface area contributed by atoms with Crippen LogP contribution >= 0.6 is 0 Å². The molecule has 1 aromatic carbocycles. The molecule has 0 heterocycles. The van der Waals surface area contributed by atoms with Crippen LogP contribution in [0.15, 0.2) is 24.3 Å². The van der Waals surface area contributed by atoms with Gasteiger partial charge in [-0.3, -0.25) is 0 Å². The van der Waals surface area contributed by atoms with Crippen LogP contribution in [-0.2, 0) is 26.4 Å². The molecule has 0 aliphatic heterocycles. The highest BCUT2D eigenvalue weighted by Crippen LogP contribution is 2.09. The monoisotopic (exact) mass is 270 g/mol. The Balaban J connectivity index is 2.55. The van der Waals surface area contributed by atoms with Gasteiger partial charge in [-0.2, -0.15) is 0 Å². The second-order valence-corrected chi connectivity index (χ2v) is 6.82. The van der Waals surface area contributed by atoms with Gasteiger partial charge in [-0.05, 0) is 11.1 Å². The van der Waals surface area contributed by atoms with Crippen LogP contribution in [0.25, 0.3) is 0 Å². The molecule has 0 amide bonds. The van der Waals surface area contributed by atoms with Crippen LogP contribution in [0.2, 0.25) is 0 Å². The Morgan fingerprint density at radius 3 is 2.11 bits per heavy atom. The van der Waals surface area contributed by atoms with E-state index in [9.17, 15) is 0 Å². The summed E-state index contributed by atoms with van der Waals surface area (Å²) in [6.45, 7) is 1.26. The van der Waals surface area contributed by atoms with Crippen molar-refractivity contribution >= 4 is 8.80 Å². The van der Waals surface area contributed by atoms with Crippen molar-refractivity contribution < 1.29 is 13.3 Å². The maximum absolute atomic E-state index is 5.69. The Hall–Kier alpha value is -0.763. The van der Waals surface area contributed by atoms with Gasteiger partial charge in [-0.25, -0.2) is 0 Å². The van der Waals surface area contributed by atoms with Gasteiger partial charge in [0.25, 0.3) is 0 Å². The number of nitrogens with two attached hydrogens (primary N) is 1. The summed E-state index contributed by atoms with van der Waals surface area (Å²) < 4.78 is 16.0. The summed E-state index contributed by atoms with van der Waals surface area (Å²) >= 11 is 0. The molecule has 0 spiro atoms. The predicted molar refractivity (Wildman–Crippen MR) is 72.8 cm³/mol. The first-order valence-electron chi connectivity index (χ1n) is 5.84. The first-order chi connectivity index (χ1) is 8.71. The molecule has 1 aromatic rings. The molecular weight excluding hydrogens is 248 g/mol. The first-order valence-corrected chi connectivity index (χ1v) is 7.77. The van der Waals surface area contributed by atoms with Crippen LogP contribution in [0.4, 0.5) is 0 Å². The Bertz CT molecular complexity index is 351. The average Bonchev–Trinajstić information content (AvgIpc) is 2.44. The molecule has 6 heteroatoms. The van der Waals surface area contributed by atoms with Crippen LogP contribution in [-0.4, -0.2) is 36.3 Å². The third-order valence-electron chi connectivity index (χ3n) is 2.93. The molecule has 0 fully saturated rings. The van der Waals surface area contributed by atoms with E-state index in [1.54, 1.807) is 21.3 Å². The maximum atomic E-state index is 5.69. The highest BCUT2D eigenvalue weighted by atomic mass is 28.4. The fourth-order valence-corrected chi connectivity index (χ4v) is 3.11. The maximum Gasteiger partial charge on any atom is 0.514 e. The van der Waals surface area contributed by atoms with Crippen LogP contribution in [0.5, 0.6) is 0 Å². The van der Waals surface area contributed by atoms with Gasteiger partial charge in [0.2, 0.25) is 0 Å². The predicted octanol–water partition coefficient (Wildman–Crippen LogP) is 0.652. The topological polar surface area (TPSA) is 65.7 Å². The second-order valence-electron chi connectivity index (χ2n) is 3.87. The summed E-state index contributed by atoms with van der Waals surface area (Å²) in [5, 5.41) is 3.30. The summed E-state index contributed by atoms with van der Waals surface area (Å²) in [5.41, 5.74) is 8.02. The summed E-state index contributed by atoms with van der Waals surface area (Å²) in [6, 6.07) is 8.09. The molecule has 0 unspecified atom stereocenters. The molecule has 1 rings (SSSR count). The fourth-order valence-electron chi connectivity index (χ4n) is 1.75. The van der Waals surface area contributed by atoms with E-state index in [-0.39, 0.29) is 0 Å². The van der Waals surface area contributed by atoms with E-state index in [1.807, 2.05) is 18.2 Å². The van der Waals surface area contributed by atoms with E-state index in [0.717, 1.165) is 12.1 Å². The zero-order valence-corrected chi connectivity index (χ0v) is 12.2. The molecule has 0 aromatic heterocycles. The Morgan fingerprint density at radius 1 is 1.06 bits per heavy atom. The average molecular weight is 270 g/mol. The third kappa shape index (κ3) is 3.87. The minimum absolute atomic E-state index is 0.541. The van der Waals surface area contributed by atoms with Crippen molar-refractivity contribution in [1.82, 2.24) is 5.32 Å². The molecule has 0 atom stereocenters. The quantitative estimate of drug-likeness (QED) is 0.679. The lowest BCUT2D eigenvalue weighted by atomic mass is 10.1. The van der Waals surface area contributed by atoms with Gasteiger partial charge >= 0.3 is 8.80 Å². The number of rotatable bonds is 8. The molecular formula is C12H22N2O3Si. The highest BCUT2D eigenvalue weighted by Gasteiger charge is 2.37. The molecule has 0 aliphatic carbocycles. The molecule has 3 N–H and O–H groups in total. The van der Waals surface area contributed by atoms with Gasteiger partial charge in [-0.15, -0.1) is 0 Å². The van der Waals surface area contributed by atoms with E-state index in [1.165, 1.54) is 5.56 Å². The molecule has 5 nitrogen and oxygen atoms in total. The van der Waals surface area contributed by atoms with Crippen molar-refractivity contribution in [2.75, 3.05) is 27.5 Å². The lowest BCUT2D eigenvalue weighted by Crippen LogP contribution is -2.52. The Labute approximate surface area is 110 Å². The SMILES string of the molecule is CO[Si](CNCc1ccccc1CN)(OC)OC. The van der Waals surface area contributed by atoms with Crippen molar-refractivity contribution in [3.63, 3.8) is 0 Å². The largest absolute Gasteiger partial charge is 0.514 e. The number of hydrogen-bond donors (Lipinski definition) is 2. The van der Waals surface area contributed by atoms with Crippen LogP contribution in [0.1, 0.15) is 11.1 Å². The number of benzene rings is 1. The molecule has 102 valence electrons. The summed E-state index contributed by atoms with van der Waals surface area (Å²) in [5.74, 6) is 0. The van der Waals surface area contributed by atoms with E-state index >= 15 is 0 Å². The fraction of sp³-hybridized carbons (Fsp3) is 0.500. The summed E-state index contributed by atoms with van der Waals surface area (Å²) in [6.07, 6.45) is 0.565. The lowest BCUT2D eigenvalue weighted by molar-refractivity contribution is 0.122. The van der Waals surface area contributed by atoms with Crippen molar-refractivity contribution in [3.05, 3.63) is 35.4 Å². The standard InChI is InChI=1S/C12H22N2O3Si/c1-15-18(16-2,17-3)10-14-9-12-7-5-4-6-11(12)8-13/h4-7,14H,8-10,13H2,1-3H3. The minimum Gasteiger partial charge on any atom is -0.376 e. The van der Waals surface area contributed by atoms with E-state index in [2.05, 4.69) is 11.4 Å². The van der Waals surface area contributed by atoms with Gasteiger partial charge in [0.15, 0.2) is 0 Å². The second kappa shape index (κ2) is 7.62.